The van der Waals surface area contributed by atoms with Gasteiger partial charge in [-0.15, -0.1) is 11.3 Å². The first-order chi connectivity index (χ1) is 8.24. The summed E-state index contributed by atoms with van der Waals surface area (Å²) in [4.78, 5) is 1.41. The van der Waals surface area contributed by atoms with E-state index in [9.17, 15) is 0 Å². The van der Waals surface area contributed by atoms with Gasteiger partial charge in [0.15, 0.2) is 0 Å². The first-order valence-corrected chi connectivity index (χ1v) is 8.09. The Kier molecular flexibility index (Phi) is 5.03. The third-order valence-electron chi connectivity index (χ3n) is 4.04. The first-order valence-electron chi connectivity index (χ1n) is 6.42. The molecule has 1 aromatic rings. The Morgan fingerprint density at radius 2 is 2.41 bits per heavy atom. The minimum atomic E-state index is 0.432. The smallest absolute Gasteiger partial charge is 0.0314 e. The number of thiophene rings is 1. The maximum Gasteiger partial charge on any atom is 0.0314 e. The van der Waals surface area contributed by atoms with Gasteiger partial charge in [0.05, 0.1) is 0 Å². The number of hydrogen-bond acceptors (Lipinski definition) is 3. The Morgan fingerprint density at radius 3 is 2.94 bits per heavy atom. The van der Waals surface area contributed by atoms with E-state index in [1.165, 1.54) is 35.0 Å². The molecule has 1 aromatic heterocycles. The van der Waals surface area contributed by atoms with Crippen LogP contribution in [0.15, 0.2) is 15.9 Å². The highest BCUT2D eigenvalue weighted by atomic mass is 79.9. The minimum Gasteiger partial charge on any atom is -0.271 e. The van der Waals surface area contributed by atoms with Crippen LogP contribution in [0.3, 0.4) is 0 Å². The first kappa shape index (κ1) is 13.5. The summed E-state index contributed by atoms with van der Waals surface area (Å²) in [5.41, 5.74) is 3.04. The fourth-order valence-electron chi connectivity index (χ4n) is 2.88. The van der Waals surface area contributed by atoms with Gasteiger partial charge in [-0.1, -0.05) is 19.8 Å². The second kappa shape index (κ2) is 6.32. The van der Waals surface area contributed by atoms with E-state index in [1.807, 2.05) is 11.3 Å². The van der Waals surface area contributed by atoms with Crippen LogP contribution in [0.25, 0.3) is 0 Å². The summed E-state index contributed by atoms with van der Waals surface area (Å²) in [6.07, 6.45) is 6.42. The van der Waals surface area contributed by atoms with Crippen LogP contribution in [0, 0.1) is 11.8 Å². The third-order valence-corrected chi connectivity index (χ3v) is 5.99. The zero-order chi connectivity index (χ0) is 12.3. The van der Waals surface area contributed by atoms with Gasteiger partial charge in [0.2, 0.25) is 0 Å². The number of hydrogen-bond donors (Lipinski definition) is 2. The van der Waals surface area contributed by atoms with Gasteiger partial charge < -0.3 is 0 Å². The van der Waals surface area contributed by atoms with Gasteiger partial charge >= 0.3 is 0 Å². The van der Waals surface area contributed by atoms with Crippen molar-refractivity contribution in [2.24, 2.45) is 17.7 Å². The van der Waals surface area contributed by atoms with Crippen molar-refractivity contribution in [3.8, 4) is 0 Å². The highest BCUT2D eigenvalue weighted by molar-refractivity contribution is 9.10. The zero-order valence-electron chi connectivity index (χ0n) is 10.3. The minimum absolute atomic E-state index is 0.432. The SMILES string of the molecule is CCC1CCC(C(Cc2sccc2Br)NN)C1. The van der Waals surface area contributed by atoms with Crippen LogP contribution < -0.4 is 11.3 Å². The molecule has 0 spiro atoms. The highest BCUT2D eigenvalue weighted by Crippen LogP contribution is 2.36. The lowest BCUT2D eigenvalue weighted by atomic mass is 9.93. The Hall–Kier alpha value is 0.1000. The quantitative estimate of drug-likeness (QED) is 0.642. The standard InChI is InChI=1S/C13H21BrN2S/c1-2-9-3-4-10(7-9)12(16-15)8-13-11(14)5-6-17-13/h5-6,9-10,12,16H,2-4,7-8,15H2,1H3. The van der Waals surface area contributed by atoms with Crippen molar-refractivity contribution < 1.29 is 0 Å². The van der Waals surface area contributed by atoms with Crippen molar-refractivity contribution in [1.82, 2.24) is 5.43 Å². The molecule has 3 N–H and O–H groups in total. The molecule has 1 aliphatic carbocycles. The van der Waals surface area contributed by atoms with Crippen molar-refractivity contribution in [3.05, 3.63) is 20.8 Å². The molecule has 3 unspecified atom stereocenters. The third kappa shape index (κ3) is 3.31. The summed E-state index contributed by atoms with van der Waals surface area (Å²) in [6.45, 7) is 2.30. The summed E-state index contributed by atoms with van der Waals surface area (Å²) in [7, 11) is 0. The van der Waals surface area contributed by atoms with Crippen LogP contribution in [0.5, 0.6) is 0 Å². The molecule has 0 aromatic carbocycles. The predicted molar refractivity (Wildman–Crippen MR) is 78.0 cm³/mol. The summed E-state index contributed by atoms with van der Waals surface area (Å²) < 4.78 is 1.23. The van der Waals surface area contributed by atoms with E-state index >= 15 is 0 Å². The molecule has 0 radical (unpaired) electrons. The molecule has 3 atom stereocenters. The lowest BCUT2D eigenvalue weighted by Crippen LogP contribution is -2.41. The Morgan fingerprint density at radius 1 is 1.59 bits per heavy atom. The van der Waals surface area contributed by atoms with E-state index < -0.39 is 0 Å². The predicted octanol–water partition coefficient (Wildman–Crippen LogP) is 3.71. The maximum atomic E-state index is 5.75. The normalized spacial score (nSPS) is 26.3. The molecule has 0 aliphatic heterocycles. The van der Waals surface area contributed by atoms with E-state index in [0.717, 1.165) is 18.3 Å². The fourth-order valence-corrected chi connectivity index (χ4v) is 4.46. The number of rotatable bonds is 5. The van der Waals surface area contributed by atoms with E-state index in [4.69, 9.17) is 5.84 Å². The van der Waals surface area contributed by atoms with E-state index in [-0.39, 0.29) is 0 Å². The second-order valence-corrected chi connectivity index (χ2v) is 6.87. The number of nitrogens with one attached hydrogen (secondary N) is 1. The molecule has 0 amide bonds. The van der Waals surface area contributed by atoms with Crippen LogP contribution >= 0.6 is 27.3 Å². The molecule has 1 aliphatic rings. The van der Waals surface area contributed by atoms with Crippen molar-refractivity contribution in [1.29, 1.82) is 0 Å². The number of nitrogens with two attached hydrogens (primary N) is 1. The Balaban J connectivity index is 1.95. The van der Waals surface area contributed by atoms with Crippen LogP contribution in [0.4, 0.5) is 0 Å². The molecule has 96 valence electrons. The summed E-state index contributed by atoms with van der Waals surface area (Å²) >= 11 is 5.42. The molecule has 2 rings (SSSR count). The van der Waals surface area contributed by atoms with E-state index in [1.54, 1.807) is 0 Å². The van der Waals surface area contributed by atoms with Gasteiger partial charge in [0.25, 0.3) is 0 Å². The van der Waals surface area contributed by atoms with E-state index in [2.05, 4.69) is 39.7 Å². The van der Waals surface area contributed by atoms with Crippen molar-refractivity contribution in [3.63, 3.8) is 0 Å². The lowest BCUT2D eigenvalue weighted by molar-refractivity contribution is 0.349. The molecule has 1 saturated carbocycles. The monoisotopic (exact) mass is 316 g/mol. The van der Waals surface area contributed by atoms with Crippen molar-refractivity contribution in [2.75, 3.05) is 0 Å². The molecule has 1 heterocycles. The van der Waals surface area contributed by atoms with Crippen LogP contribution in [-0.2, 0) is 6.42 Å². The van der Waals surface area contributed by atoms with Crippen LogP contribution in [0.2, 0.25) is 0 Å². The summed E-state index contributed by atoms with van der Waals surface area (Å²) in [5.74, 6) is 7.41. The molecule has 0 saturated heterocycles. The largest absolute Gasteiger partial charge is 0.271 e. The molecule has 1 fully saturated rings. The lowest BCUT2D eigenvalue weighted by Gasteiger charge is -2.22. The topological polar surface area (TPSA) is 38.0 Å². The molecular weight excluding hydrogens is 296 g/mol. The fraction of sp³-hybridized carbons (Fsp3) is 0.692. The Labute approximate surface area is 116 Å². The molecule has 2 nitrogen and oxygen atoms in total. The van der Waals surface area contributed by atoms with Crippen LogP contribution in [-0.4, -0.2) is 6.04 Å². The molecule has 17 heavy (non-hydrogen) atoms. The maximum absolute atomic E-state index is 5.75. The van der Waals surface area contributed by atoms with E-state index in [0.29, 0.717) is 6.04 Å². The zero-order valence-corrected chi connectivity index (χ0v) is 12.7. The van der Waals surface area contributed by atoms with Gasteiger partial charge in [-0.05, 0) is 58.5 Å². The van der Waals surface area contributed by atoms with Gasteiger partial charge in [-0.2, -0.15) is 0 Å². The van der Waals surface area contributed by atoms with Gasteiger partial charge in [0, 0.05) is 15.4 Å². The van der Waals surface area contributed by atoms with Crippen LogP contribution in [0.1, 0.15) is 37.5 Å². The van der Waals surface area contributed by atoms with Crippen molar-refractivity contribution in [2.45, 2.75) is 45.1 Å². The number of hydrazine groups is 1. The van der Waals surface area contributed by atoms with Gasteiger partial charge in [-0.3, -0.25) is 11.3 Å². The highest BCUT2D eigenvalue weighted by Gasteiger charge is 2.29. The Bertz CT molecular complexity index is 353. The number of halogens is 1. The second-order valence-electron chi connectivity index (χ2n) is 5.02. The average Bonchev–Trinajstić information content (AvgIpc) is 2.95. The molecule has 0 bridgehead atoms. The summed E-state index contributed by atoms with van der Waals surface area (Å²) in [6, 6.07) is 2.55. The van der Waals surface area contributed by atoms with Gasteiger partial charge in [0.1, 0.15) is 0 Å². The summed E-state index contributed by atoms with van der Waals surface area (Å²) in [5, 5.41) is 2.14. The van der Waals surface area contributed by atoms with Gasteiger partial charge in [-0.25, -0.2) is 0 Å². The molecule has 4 heteroatoms. The van der Waals surface area contributed by atoms with Crippen molar-refractivity contribution >= 4 is 27.3 Å². The average molecular weight is 317 g/mol. The molecular formula is C13H21BrN2S.